The molecule has 19 heavy (non-hydrogen) atoms. The van der Waals surface area contributed by atoms with Crippen LogP contribution < -0.4 is 10.1 Å². The van der Waals surface area contributed by atoms with Crippen LogP contribution in [0.25, 0.3) is 0 Å². The zero-order valence-electron chi connectivity index (χ0n) is 10.3. The Hall–Kier alpha value is -1.37. The first-order valence-corrected chi connectivity index (χ1v) is 6.70. The normalized spacial score (nSPS) is 12.3. The standard InChI is InChI=1S/C13H15BrN2O3/c14-10-2-1-3-13(6-10)18-9-12(17)8-15-7-11-4-5-19-16-11/h1-6,12,15,17H,7-9H2. The molecule has 2 N–H and O–H groups in total. The Morgan fingerprint density at radius 1 is 1.42 bits per heavy atom. The minimum Gasteiger partial charge on any atom is -0.491 e. The quantitative estimate of drug-likeness (QED) is 0.814. The molecule has 1 heterocycles. The summed E-state index contributed by atoms with van der Waals surface area (Å²) in [7, 11) is 0. The number of rotatable bonds is 7. The van der Waals surface area contributed by atoms with Gasteiger partial charge in [0, 0.05) is 23.6 Å². The van der Waals surface area contributed by atoms with Crippen LogP contribution in [0.4, 0.5) is 0 Å². The van der Waals surface area contributed by atoms with Gasteiger partial charge < -0.3 is 19.7 Å². The molecule has 0 spiro atoms. The van der Waals surface area contributed by atoms with Gasteiger partial charge in [-0.1, -0.05) is 27.2 Å². The number of aliphatic hydroxyl groups excluding tert-OH is 1. The van der Waals surface area contributed by atoms with Gasteiger partial charge in [0.1, 0.15) is 24.7 Å². The van der Waals surface area contributed by atoms with Gasteiger partial charge in [0.05, 0.1) is 5.69 Å². The lowest BCUT2D eigenvalue weighted by Crippen LogP contribution is -2.31. The van der Waals surface area contributed by atoms with Crippen LogP contribution in [0.1, 0.15) is 5.69 Å². The van der Waals surface area contributed by atoms with E-state index in [1.54, 1.807) is 6.07 Å². The lowest BCUT2D eigenvalue weighted by atomic mass is 10.3. The van der Waals surface area contributed by atoms with E-state index in [2.05, 4.69) is 26.4 Å². The van der Waals surface area contributed by atoms with E-state index in [1.165, 1.54) is 6.26 Å². The molecule has 1 unspecified atom stereocenters. The third kappa shape index (κ3) is 5.02. The highest BCUT2D eigenvalue weighted by Crippen LogP contribution is 2.17. The highest BCUT2D eigenvalue weighted by Gasteiger charge is 2.06. The van der Waals surface area contributed by atoms with Crippen LogP contribution in [0.3, 0.4) is 0 Å². The smallest absolute Gasteiger partial charge is 0.124 e. The van der Waals surface area contributed by atoms with Crippen LogP contribution in [0.15, 0.2) is 45.6 Å². The molecule has 0 aliphatic heterocycles. The lowest BCUT2D eigenvalue weighted by molar-refractivity contribution is 0.106. The Morgan fingerprint density at radius 3 is 3.05 bits per heavy atom. The molecule has 0 saturated carbocycles. The number of nitrogens with one attached hydrogen (secondary N) is 1. The van der Waals surface area contributed by atoms with Crippen molar-refractivity contribution in [3.63, 3.8) is 0 Å². The van der Waals surface area contributed by atoms with Crippen LogP contribution >= 0.6 is 15.9 Å². The first-order valence-electron chi connectivity index (χ1n) is 5.90. The van der Waals surface area contributed by atoms with E-state index in [1.807, 2.05) is 24.3 Å². The number of hydrogen-bond acceptors (Lipinski definition) is 5. The molecule has 5 nitrogen and oxygen atoms in total. The zero-order valence-corrected chi connectivity index (χ0v) is 11.8. The van der Waals surface area contributed by atoms with Crippen molar-refractivity contribution in [2.45, 2.75) is 12.6 Å². The molecule has 0 amide bonds. The average Bonchev–Trinajstić information content (AvgIpc) is 2.90. The van der Waals surface area contributed by atoms with E-state index in [9.17, 15) is 5.11 Å². The van der Waals surface area contributed by atoms with Crippen LogP contribution in [0.2, 0.25) is 0 Å². The molecular formula is C13H15BrN2O3. The number of aromatic nitrogens is 1. The van der Waals surface area contributed by atoms with Gasteiger partial charge in [0.15, 0.2) is 0 Å². The predicted molar refractivity (Wildman–Crippen MR) is 73.9 cm³/mol. The number of benzene rings is 1. The Kier molecular flexibility index (Phi) is 5.38. The molecule has 6 heteroatoms. The van der Waals surface area contributed by atoms with E-state index in [0.29, 0.717) is 13.1 Å². The summed E-state index contributed by atoms with van der Waals surface area (Å²) < 4.78 is 11.1. The highest BCUT2D eigenvalue weighted by molar-refractivity contribution is 9.10. The third-order valence-electron chi connectivity index (χ3n) is 2.42. The summed E-state index contributed by atoms with van der Waals surface area (Å²) >= 11 is 3.36. The summed E-state index contributed by atoms with van der Waals surface area (Å²) in [6.07, 6.45) is 0.940. The molecule has 0 aliphatic carbocycles. The minimum atomic E-state index is -0.578. The minimum absolute atomic E-state index is 0.238. The van der Waals surface area contributed by atoms with Gasteiger partial charge in [-0.3, -0.25) is 0 Å². The van der Waals surface area contributed by atoms with Gasteiger partial charge in [0.2, 0.25) is 0 Å². The molecule has 1 atom stereocenters. The molecule has 102 valence electrons. The van der Waals surface area contributed by atoms with Gasteiger partial charge in [0.25, 0.3) is 0 Å². The van der Waals surface area contributed by atoms with Crippen molar-refractivity contribution in [2.75, 3.05) is 13.2 Å². The van der Waals surface area contributed by atoms with Crippen molar-refractivity contribution in [3.05, 3.63) is 46.8 Å². The van der Waals surface area contributed by atoms with Crippen molar-refractivity contribution < 1.29 is 14.4 Å². The van der Waals surface area contributed by atoms with Crippen molar-refractivity contribution in [2.24, 2.45) is 0 Å². The molecule has 0 aliphatic rings. The fourth-order valence-corrected chi connectivity index (χ4v) is 1.88. The molecule has 2 rings (SSSR count). The van der Waals surface area contributed by atoms with Crippen LogP contribution in [0, 0.1) is 0 Å². The fraction of sp³-hybridized carbons (Fsp3) is 0.308. The number of nitrogens with zero attached hydrogens (tertiary/aromatic N) is 1. The largest absolute Gasteiger partial charge is 0.491 e. The maximum Gasteiger partial charge on any atom is 0.124 e. The first kappa shape index (κ1) is 14.0. The van der Waals surface area contributed by atoms with Crippen molar-refractivity contribution >= 4 is 15.9 Å². The lowest BCUT2D eigenvalue weighted by Gasteiger charge is -2.12. The monoisotopic (exact) mass is 326 g/mol. The summed E-state index contributed by atoms with van der Waals surface area (Å²) in [4.78, 5) is 0. The van der Waals surface area contributed by atoms with Crippen molar-refractivity contribution in [3.8, 4) is 5.75 Å². The molecule has 0 fully saturated rings. The second kappa shape index (κ2) is 7.28. The Bertz CT molecular complexity index is 490. The maximum absolute atomic E-state index is 9.77. The Balaban J connectivity index is 1.65. The topological polar surface area (TPSA) is 67.5 Å². The van der Waals surface area contributed by atoms with Gasteiger partial charge in [-0.25, -0.2) is 0 Å². The number of hydrogen-bond donors (Lipinski definition) is 2. The molecule has 0 bridgehead atoms. The summed E-state index contributed by atoms with van der Waals surface area (Å²) in [5, 5.41) is 16.6. The van der Waals surface area contributed by atoms with Gasteiger partial charge >= 0.3 is 0 Å². The summed E-state index contributed by atoms with van der Waals surface area (Å²) in [6, 6.07) is 9.28. The van der Waals surface area contributed by atoms with Gasteiger partial charge in [-0.15, -0.1) is 0 Å². The zero-order chi connectivity index (χ0) is 13.5. The SMILES string of the molecule is OC(CNCc1ccon1)COc1cccc(Br)c1. The number of halogens is 1. The molecule has 0 radical (unpaired) electrons. The van der Waals surface area contributed by atoms with Crippen LogP contribution in [-0.2, 0) is 6.54 Å². The summed E-state index contributed by atoms with van der Waals surface area (Å²) in [5.41, 5.74) is 0.806. The van der Waals surface area contributed by atoms with Gasteiger partial charge in [-0.05, 0) is 18.2 Å². The van der Waals surface area contributed by atoms with E-state index in [-0.39, 0.29) is 6.61 Å². The molecule has 0 saturated heterocycles. The maximum atomic E-state index is 9.77. The Morgan fingerprint density at radius 2 is 2.32 bits per heavy atom. The van der Waals surface area contributed by atoms with Crippen molar-refractivity contribution in [1.29, 1.82) is 0 Å². The highest BCUT2D eigenvalue weighted by atomic mass is 79.9. The second-order valence-corrected chi connectivity index (χ2v) is 4.96. The number of ether oxygens (including phenoxy) is 1. The molecule has 2 aromatic rings. The summed E-state index contributed by atoms with van der Waals surface area (Å²) in [5.74, 6) is 0.727. The van der Waals surface area contributed by atoms with E-state index in [0.717, 1.165) is 15.9 Å². The van der Waals surface area contributed by atoms with E-state index in [4.69, 9.17) is 9.26 Å². The van der Waals surface area contributed by atoms with E-state index < -0.39 is 6.10 Å². The third-order valence-corrected chi connectivity index (χ3v) is 2.91. The second-order valence-electron chi connectivity index (χ2n) is 4.04. The Labute approximate surface area is 119 Å². The number of aliphatic hydroxyl groups is 1. The summed E-state index contributed by atoms with van der Waals surface area (Å²) in [6.45, 7) is 1.23. The van der Waals surface area contributed by atoms with Crippen molar-refractivity contribution in [1.82, 2.24) is 10.5 Å². The van der Waals surface area contributed by atoms with Crippen LogP contribution in [0.5, 0.6) is 5.75 Å². The van der Waals surface area contributed by atoms with Crippen LogP contribution in [-0.4, -0.2) is 29.5 Å². The van der Waals surface area contributed by atoms with Gasteiger partial charge in [-0.2, -0.15) is 0 Å². The average molecular weight is 327 g/mol. The fourth-order valence-electron chi connectivity index (χ4n) is 1.50. The predicted octanol–water partition coefficient (Wildman–Crippen LogP) is 1.97. The van der Waals surface area contributed by atoms with E-state index >= 15 is 0 Å². The molecule has 1 aromatic heterocycles. The molecular weight excluding hydrogens is 312 g/mol. The molecule has 1 aromatic carbocycles. The first-order chi connectivity index (χ1) is 9.24.